The van der Waals surface area contributed by atoms with Crippen molar-refractivity contribution in [1.82, 2.24) is 0 Å². The van der Waals surface area contributed by atoms with Crippen molar-refractivity contribution in [1.29, 1.82) is 0 Å². The van der Waals surface area contributed by atoms with Crippen molar-refractivity contribution in [2.45, 2.75) is 75.9 Å². The van der Waals surface area contributed by atoms with Crippen LogP contribution in [-0.4, -0.2) is 51.9 Å². The lowest BCUT2D eigenvalue weighted by Gasteiger charge is -2.41. The van der Waals surface area contributed by atoms with Gasteiger partial charge in [0.15, 0.2) is 0 Å². The van der Waals surface area contributed by atoms with E-state index in [0.717, 1.165) is 0 Å². The molecule has 0 aromatic rings. The van der Waals surface area contributed by atoms with E-state index in [1.165, 1.54) is 6.92 Å². The van der Waals surface area contributed by atoms with Crippen molar-refractivity contribution >= 4 is 23.5 Å². The van der Waals surface area contributed by atoms with Crippen LogP contribution in [0, 0.1) is 23.2 Å². The zero-order valence-electron chi connectivity index (χ0n) is 15.1. The summed E-state index contributed by atoms with van der Waals surface area (Å²) in [5.41, 5.74) is -2.31. The first kappa shape index (κ1) is 17.6. The molecule has 25 heavy (non-hydrogen) atoms. The van der Waals surface area contributed by atoms with Gasteiger partial charge in [0, 0.05) is 18.3 Å². The lowest BCUT2D eigenvalue weighted by atomic mass is 9.68. The largest absolute Gasteiger partial charge is 0.462 e. The Morgan fingerprint density at radius 2 is 2.00 bits per heavy atom. The molecule has 0 aromatic heterocycles. The summed E-state index contributed by atoms with van der Waals surface area (Å²) in [7, 11) is 0. The van der Waals surface area contributed by atoms with Crippen molar-refractivity contribution in [3.63, 3.8) is 0 Å². The molecule has 9 atom stereocenters. The summed E-state index contributed by atoms with van der Waals surface area (Å²) in [6, 6.07) is 0. The molecule has 7 heteroatoms. The molecule has 1 spiro atoms. The van der Waals surface area contributed by atoms with E-state index in [4.69, 9.17) is 25.8 Å². The number of aliphatic hydroxyl groups is 1. The van der Waals surface area contributed by atoms with Gasteiger partial charge in [0.2, 0.25) is 0 Å². The fourth-order valence-corrected chi connectivity index (χ4v) is 6.25. The molecule has 2 aliphatic heterocycles. The molecule has 2 aliphatic carbocycles. The Balaban J connectivity index is 1.85. The van der Waals surface area contributed by atoms with Gasteiger partial charge >= 0.3 is 11.9 Å². The normalized spacial score (nSPS) is 55.5. The second-order valence-electron chi connectivity index (χ2n) is 8.94. The minimum atomic E-state index is -1.24. The van der Waals surface area contributed by atoms with E-state index >= 15 is 0 Å². The number of ether oxygens (including phenoxy) is 3. The van der Waals surface area contributed by atoms with E-state index in [1.807, 2.05) is 0 Å². The van der Waals surface area contributed by atoms with Crippen LogP contribution < -0.4 is 0 Å². The van der Waals surface area contributed by atoms with Gasteiger partial charge in [-0.25, -0.2) is 0 Å². The number of alkyl halides is 1. The Bertz CT molecular complexity index is 645. The standard InChI is InChI=1S/C18H25ClO6/c1-7-10-9(23-8(2)20)6-16(3,4)18-12(11(10)24-15(7)21)17(5,22)13(19)14(18)25-18/h7,9-14,22H,6H2,1-5H3/t7-,9-,10+,11-,12-,13+,14-,17-,18+/m0/s1. The number of carbonyl (C=O) groups excluding carboxylic acids is 2. The van der Waals surface area contributed by atoms with Gasteiger partial charge in [-0.3, -0.25) is 9.59 Å². The van der Waals surface area contributed by atoms with Crippen LogP contribution in [0.4, 0.5) is 0 Å². The predicted molar refractivity (Wildman–Crippen MR) is 87.8 cm³/mol. The summed E-state index contributed by atoms with van der Waals surface area (Å²) < 4.78 is 17.4. The van der Waals surface area contributed by atoms with Gasteiger partial charge in [-0.2, -0.15) is 0 Å². The summed E-state index contributed by atoms with van der Waals surface area (Å²) in [4.78, 5) is 24.0. The van der Waals surface area contributed by atoms with Crippen LogP contribution in [0.15, 0.2) is 0 Å². The van der Waals surface area contributed by atoms with Crippen LogP contribution in [0.2, 0.25) is 0 Å². The van der Waals surface area contributed by atoms with E-state index in [2.05, 4.69) is 13.8 Å². The summed E-state index contributed by atoms with van der Waals surface area (Å²) in [6.07, 6.45) is -0.817. The number of halogens is 1. The van der Waals surface area contributed by atoms with E-state index < -0.39 is 46.0 Å². The average Bonchev–Trinajstić information content (AvgIpc) is 3.10. The second kappa shape index (κ2) is 4.90. The zero-order chi connectivity index (χ0) is 18.5. The van der Waals surface area contributed by atoms with E-state index in [0.29, 0.717) is 6.42 Å². The number of hydrogen-bond donors (Lipinski definition) is 1. The van der Waals surface area contributed by atoms with Crippen molar-refractivity contribution in [2.24, 2.45) is 23.2 Å². The van der Waals surface area contributed by atoms with Crippen LogP contribution in [0.25, 0.3) is 0 Å². The molecule has 4 rings (SSSR count). The van der Waals surface area contributed by atoms with Crippen LogP contribution >= 0.6 is 11.6 Å². The fourth-order valence-electron chi connectivity index (χ4n) is 5.88. The third-order valence-corrected chi connectivity index (χ3v) is 7.70. The molecule has 0 amide bonds. The molecule has 2 saturated heterocycles. The Kier molecular flexibility index (Phi) is 3.44. The Morgan fingerprint density at radius 3 is 2.60 bits per heavy atom. The Labute approximate surface area is 152 Å². The number of carbonyl (C=O) groups is 2. The molecule has 6 nitrogen and oxygen atoms in total. The maximum Gasteiger partial charge on any atom is 0.309 e. The smallest absolute Gasteiger partial charge is 0.309 e. The number of hydrogen-bond acceptors (Lipinski definition) is 6. The average molecular weight is 373 g/mol. The number of epoxide rings is 1. The van der Waals surface area contributed by atoms with Gasteiger partial charge in [-0.1, -0.05) is 20.8 Å². The minimum Gasteiger partial charge on any atom is -0.462 e. The number of fused-ring (bicyclic) bond motifs is 2. The van der Waals surface area contributed by atoms with E-state index in [9.17, 15) is 14.7 Å². The lowest BCUT2D eigenvalue weighted by Crippen LogP contribution is -2.53. The van der Waals surface area contributed by atoms with Crippen molar-refractivity contribution < 1.29 is 28.9 Å². The predicted octanol–water partition coefficient (Wildman–Crippen LogP) is 1.65. The first-order valence-electron chi connectivity index (χ1n) is 8.87. The molecular formula is C18H25ClO6. The van der Waals surface area contributed by atoms with Gasteiger partial charge in [-0.05, 0) is 13.3 Å². The van der Waals surface area contributed by atoms with Crippen LogP contribution in [-0.2, 0) is 23.8 Å². The number of rotatable bonds is 1. The van der Waals surface area contributed by atoms with Crippen LogP contribution in [0.3, 0.4) is 0 Å². The first-order valence-corrected chi connectivity index (χ1v) is 9.31. The molecule has 4 fully saturated rings. The highest BCUT2D eigenvalue weighted by Gasteiger charge is 2.85. The molecule has 2 saturated carbocycles. The maximum absolute atomic E-state index is 12.3. The molecule has 0 radical (unpaired) electrons. The van der Waals surface area contributed by atoms with Gasteiger partial charge < -0.3 is 19.3 Å². The number of esters is 2. The third-order valence-electron chi connectivity index (χ3n) is 7.03. The maximum atomic E-state index is 12.3. The third kappa shape index (κ3) is 1.99. The van der Waals surface area contributed by atoms with Gasteiger partial charge in [-0.15, -0.1) is 11.6 Å². The SMILES string of the molecule is CC(=O)O[C@H]1CC(C)(C)[C@]23O[C@H]2[C@@H](Cl)[C@@](C)(O)[C@@H]3[C@H]2OC(=O)[C@@H](C)[C@@H]21. The van der Waals surface area contributed by atoms with E-state index in [1.54, 1.807) is 13.8 Å². The van der Waals surface area contributed by atoms with Crippen molar-refractivity contribution in [3.8, 4) is 0 Å². The van der Waals surface area contributed by atoms with E-state index in [-0.39, 0.29) is 24.0 Å². The molecule has 140 valence electrons. The monoisotopic (exact) mass is 372 g/mol. The molecule has 1 N–H and O–H groups in total. The fraction of sp³-hybridized carbons (Fsp3) is 0.889. The summed E-state index contributed by atoms with van der Waals surface area (Å²) in [6.45, 7) is 8.96. The molecular weight excluding hydrogens is 348 g/mol. The highest BCUT2D eigenvalue weighted by atomic mass is 35.5. The molecule has 0 unspecified atom stereocenters. The van der Waals surface area contributed by atoms with Crippen LogP contribution in [0.1, 0.15) is 41.0 Å². The summed E-state index contributed by atoms with van der Waals surface area (Å²) in [5.74, 6) is -1.90. The molecule has 4 aliphatic rings. The second-order valence-corrected chi connectivity index (χ2v) is 9.41. The molecule has 0 aromatic carbocycles. The Hall–Kier alpha value is -0.850. The first-order chi connectivity index (χ1) is 11.4. The molecule has 0 bridgehead atoms. The van der Waals surface area contributed by atoms with Crippen molar-refractivity contribution in [2.75, 3.05) is 0 Å². The minimum absolute atomic E-state index is 0.296. The molecule has 2 heterocycles. The van der Waals surface area contributed by atoms with Gasteiger partial charge in [0.05, 0.1) is 22.8 Å². The van der Waals surface area contributed by atoms with Crippen molar-refractivity contribution in [3.05, 3.63) is 0 Å². The lowest BCUT2D eigenvalue weighted by molar-refractivity contribution is -0.156. The highest BCUT2D eigenvalue weighted by molar-refractivity contribution is 6.22. The quantitative estimate of drug-likeness (QED) is 0.428. The topological polar surface area (TPSA) is 85.4 Å². The van der Waals surface area contributed by atoms with Gasteiger partial charge in [0.25, 0.3) is 0 Å². The highest BCUT2D eigenvalue weighted by Crippen LogP contribution is 2.71. The summed E-state index contributed by atoms with van der Waals surface area (Å²) >= 11 is 6.53. The zero-order valence-corrected chi connectivity index (χ0v) is 15.9. The van der Waals surface area contributed by atoms with Crippen LogP contribution in [0.5, 0.6) is 0 Å². The van der Waals surface area contributed by atoms with Gasteiger partial charge in [0.1, 0.15) is 23.9 Å². The Morgan fingerprint density at radius 1 is 1.36 bits per heavy atom. The summed E-state index contributed by atoms with van der Waals surface area (Å²) in [5, 5.41) is 10.6.